The van der Waals surface area contributed by atoms with Crippen LogP contribution in [0.4, 0.5) is 0 Å². The first-order valence-corrected chi connectivity index (χ1v) is 12.2. The molecule has 0 bridgehead atoms. The van der Waals surface area contributed by atoms with Crippen LogP contribution >= 0.6 is 0 Å². The van der Waals surface area contributed by atoms with E-state index in [0.29, 0.717) is 12.2 Å². The number of rotatable bonds is 11. The molecule has 3 aromatic carbocycles. The highest BCUT2D eigenvalue weighted by molar-refractivity contribution is 7.90. The number of carbonyl (C=O) groups is 1. The van der Waals surface area contributed by atoms with E-state index in [4.69, 9.17) is 9.84 Å². The zero-order valence-corrected chi connectivity index (χ0v) is 19.1. The lowest BCUT2D eigenvalue weighted by Crippen LogP contribution is -2.26. The Morgan fingerprint density at radius 1 is 1.00 bits per heavy atom. The molecule has 168 valence electrons. The highest BCUT2D eigenvalue weighted by Gasteiger charge is 2.12. The van der Waals surface area contributed by atoms with Crippen LogP contribution in [-0.4, -0.2) is 35.0 Å². The molecular formula is C26H29NO4S. The van der Waals surface area contributed by atoms with E-state index < -0.39 is 11.2 Å². The molecule has 0 aromatic heterocycles. The summed E-state index contributed by atoms with van der Waals surface area (Å²) in [5.41, 5.74) is 3.88. The number of amides is 1. The van der Waals surface area contributed by atoms with Crippen molar-refractivity contribution < 1.29 is 19.2 Å². The van der Waals surface area contributed by atoms with Crippen molar-refractivity contribution in [2.24, 2.45) is 0 Å². The average Bonchev–Trinajstić information content (AvgIpc) is 2.82. The summed E-state index contributed by atoms with van der Waals surface area (Å²) in [5, 5.41) is 11.5. The van der Waals surface area contributed by atoms with Gasteiger partial charge in [-0.25, -0.2) is 0 Å². The van der Waals surface area contributed by atoms with Crippen molar-refractivity contribution in [3.8, 4) is 5.75 Å². The summed E-state index contributed by atoms with van der Waals surface area (Å²) >= 11 is -1.05. The van der Waals surface area contributed by atoms with Crippen molar-refractivity contribution in [3.05, 3.63) is 95.1 Å². The van der Waals surface area contributed by atoms with E-state index in [2.05, 4.69) is 5.32 Å². The van der Waals surface area contributed by atoms with Gasteiger partial charge in [0, 0.05) is 18.2 Å². The zero-order chi connectivity index (χ0) is 22.8. The number of aryl methyl sites for hydroxylation is 2. The maximum absolute atomic E-state index is 12.0. The van der Waals surface area contributed by atoms with Crippen LogP contribution in [0.3, 0.4) is 0 Å². The Labute approximate surface area is 192 Å². The van der Waals surface area contributed by atoms with Crippen LogP contribution in [0.1, 0.15) is 33.5 Å². The number of aliphatic hydroxyl groups is 1. The molecule has 3 rings (SSSR count). The Balaban J connectivity index is 1.61. The number of hydrogen-bond acceptors (Lipinski definition) is 4. The van der Waals surface area contributed by atoms with Gasteiger partial charge in [-0.05, 0) is 71.4 Å². The topological polar surface area (TPSA) is 81.6 Å². The van der Waals surface area contributed by atoms with E-state index >= 15 is 0 Å². The van der Waals surface area contributed by atoms with Crippen LogP contribution in [0, 0.1) is 0 Å². The number of hydrogen-bond donors (Lipinski definition) is 2. The van der Waals surface area contributed by atoms with E-state index in [1.165, 1.54) is 0 Å². The fourth-order valence-electron chi connectivity index (χ4n) is 3.38. The standard InChI is InChI=1S/C26H29NO4S/c1-32(30)24-14-15-25(31-19-21-6-3-2-4-7-21)23(18-24)9-5-8-20-10-12-22(13-11-20)26(29)27-16-17-28/h2-4,6-7,10-15,18,28H,5,8-9,16-17,19H2,1H3,(H,27,29). The van der Waals surface area contributed by atoms with Gasteiger partial charge in [0.05, 0.1) is 6.61 Å². The van der Waals surface area contributed by atoms with E-state index in [1.54, 1.807) is 18.4 Å². The molecule has 1 atom stereocenters. The van der Waals surface area contributed by atoms with Gasteiger partial charge in [0.2, 0.25) is 0 Å². The first-order chi connectivity index (χ1) is 15.6. The SMILES string of the molecule is C[S+]([O-])c1ccc(OCc2ccccc2)c(CCCc2ccc(C(=O)NCCO)cc2)c1. The van der Waals surface area contributed by atoms with Crippen molar-refractivity contribution in [1.82, 2.24) is 5.32 Å². The molecule has 0 aliphatic heterocycles. The van der Waals surface area contributed by atoms with Gasteiger partial charge in [-0.3, -0.25) is 4.79 Å². The number of aliphatic hydroxyl groups excluding tert-OH is 1. The van der Waals surface area contributed by atoms with E-state index in [-0.39, 0.29) is 19.1 Å². The summed E-state index contributed by atoms with van der Waals surface area (Å²) < 4.78 is 18.0. The van der Waals surface area contributed by atoms with Crippen molar-refractivity contribution >= 4 is 17.1 Å². The molecule has 0 fully saturated rings. The Hall–Kier alpha value is -2.80. The van der Waals surface area contributed by atoms with Crippen molar-refractivity contribution in [2.45, 2.75) is 30.8 Å². The molecule has 0 radical (unpaired) electrons. The third-order valence-electron chi connectivity index (χ3n) is 5.13. The molecule has 3 aromatic rings. The summed E-state index contributed by atoms with van der Waals surface area (Å²) in [4.78, 5) is 12.7. The predicted molar refractivity (Wildman–Crippen MR) is 127 cm³/mol. The van der Waals surface area contributed by atoms with Crippen molar-refractivity contribution in [1.29, 1.82) is 0 Å². The van der Waals surface area contributed by atoms with Gasteiger partial charge >= 0.3 is 0 Å². The monoisotopic (exact) mass is 451 g/mol. The smallest absolute Gasteiger partial charge is 0.251 e. The van der Waals surface area contributed by atoms with Crippen LogP contribution in [0.15, 0.2) is 77.7 Å². The molecular weight excluding hydrogens is 422 g/mol. The fourth-order valence-corrected chi connectivity index (χ4v) is 3.95. The second kappa shape index (κ2) is 12.3. The lowest BCUT2D eigenvalue weighted by molar-refractivity contribution is 0.0944. The summed E-state index contributed by atoms with van der Waals surface area (Å²) in [7, 11) is 0. The number of benzene rings is 3. The molecule has 32 heavy (non-hydrogen) atoms. The van der Waals surface area contributed by atoms with Crippen molar-refractivity contribution in [3.63, 3.8) is 0 Å². The lowest BCUT2D eigenvalue weighted by atomic mass is 10.0. The second-order valence-corrected chi connectivity index (χ2v) is 8.91. The predicted octanol–water partition coefficient (Wildman–Crippen LogP) is 3.90. The molecule has 2 N–H and O–H groups in total. The van der Waals surface area contributed by atoms with Gasteiger partial charge < -0.3 is 19.7 Å². The highest BCUT2D eigenvalue weighted by Crippen LogP contribution is 2.25. The number of ether oxygens (including phenoxy) is 1. The van der Waals surface area contributed by atoms with E-state index in [1.807, 2.05) is 60.7 Å². The molecule has 0 aliphatic carbocycles. The average molecular weight is 452 g/mol. The highest BCUT2D eigenvalue weighted by atomic mass is 32.2. The minimum atomic E-state index is -1.05. The Bertz CT molecular complexity index is 990. The Kier molecular flexibility index (Phi) is 9.16. The van der Waals surface area contributed by atoms with Gasteiger partial charge in [0.25, 0.3) is 5.91 Å². The first kappa shape index (κ1) is 23.9. The number of nitrogens with one attached hydrogen (secondary N) is 1. The van der Waals surface area contributed by atoms with Gasteiger partial charge in [-0.1, -0.05) is 42.5 Å². The Morgan fingerprint density at radius 2 is 1.75 bits per heavy atom. The summed E-state index contributed by atoms with van der Waals surface area (Å²) in [6, 6.07) is 23.3. The Morgan fingerprint density at radius 3 is 2.44 bits per heavy atom. The normalized spacial score (nSPS) is 11.7. The second-order valence-electron chi connectivity index (χ2n) is 7.53. The van der Waals surface area contributed by atoms with Gasteiger partial charge in [-0.2, -0.15) is 0 Å². The van der Waals surface area contributed by atoms with Crippen LogP contribution in [0.25, 0.3) is 0 Å². The van der Waals surface area contributed by atoms with Crippen molar-refractivity contribution in [2.75, 3.05) is 19.4 Å². The largest absolute Gasteiger partial charge is 0.612 e. The van der Waals surface area contributed by atoms with E-state index in [9.17, 15) is 9.35 Å². The third-order valence-corrected chi connectivity index (χ3v) is 6.04. The van der Waals surface area contributed by atoms with Crippen LogP contribution in [0.5, 0.6) is 5.75 Å². The maximum Gasteiger partial charge on any atom is 0.251 e. The van der Waals surface area contributed by atoms with Crippen LogP contribution < -0.4 is 10.1 Å². The first-order valence-electron chi connectivity index (χ1n) is 10.7. The van der Waals surface area contributed by atoms with Gasteiger partial charge in [-0.15, -0.1) is 0 Å². The van der Waals surface area contributed by atoms with E-state index in [0.717, 1.165) is 46.6 Å². The summed E-state index contributed by atoms with van der Waals surface area (Å²) in [5.74, 6) is 0.633. The summed E-state index contributed by atoms with van der Waals surface area (Å²) in [6.07, 6.45) is 4.24. The fraction of sp³-hybridized carbons (Fsp3) is 0.269. The molecule has 5 nitrogen and oxygen atoms in total. The minimum Gasteiger partial charge on any atom is -0.612 e. The minimum absolute atomic E-state index is 0.0757. The summed E-state index contributed by atoms with van der Waals surface area (Å²) in [6.45, 7) is 0.660. The van der Waals surface area contributed by atoms with Crippen LogP contribution in [-0.2, 0) is 30.6 Å². The quantitative estimate of drug-likeness (QED) is 0.433. The zero-order valence-electron chi connectivity index (χ0n) is 18.3. The van der Waals surface area contributed by atoms with Gasteiger partial charge in [0.1, 0.15) is 18.6 Å². The molecule has 0 saturated heterocycles. The van der Waals surface area contributed by atoms with Crippen LogP contribution in [0.2, 0.25) is 0 Å². The number of carbonyl (C=O) groups excluding carboxylic acids is 1. The molecule has 6 heteroatoms. The maximum atomic E-state index is 12.0. The molecule has 1 unspecified atom stereocenters. The molecule has 0 saturated carbocycles. The molecule has 0 spiro atoms. The lowest BCUT2D eigenvalue weighted by Gasteiger charge is -2.14. The van der Waals surface area contributed by atoms with Gasteiger partial charge in [0.15, 0.2) is 4.90 Å². The molecule has 0 aliphatic rings. The third kappa shape index (κ3) is 7.12. The molecule has 0 heterocycles. The molecule has 1 amide bonds.